The number of carbonyl (C=O) groups excluding carboxylic acids is 1. The quantitative estimate of drug-likeness (QED) is 0.480. The first-order chi connectivity index (χ1) is 17.6. The molecule has 4 rings (SSSR count). The standard InChI is InChI=1S/C24H31F4N5O3S/c1-16-12-30-21(13-29-16)35-14-20(34)31-17-2-6-23(25,7-3-17)8-11-33-9-4-18-19(5-10-33)37-22(32-18)36-15-24(26,27)28/h12-13,17H,2-11,14-15H2,1H3,(H,31,34). The molecule has 0 atom stereocenters. The van der Waals surface area contributed by atoms with Crippen molar-refractivity contribution < 1.29 is 31.8 Å². The molecule has 2 aromatic rings. The number of amides is 1. The number of ether oxygens (including phenoxy) is 2. The van der Waals surface area contributed by atoms with Crippen LogP contribution in [0.1, 0.15) is 48.4 Å². The minimum atomic E-state index is -4.39. The average Bonchev–Trinajstić information content (AvgIpc) is 3.15. The van der Waals surface area contributed by atoms with Crippen molar-refractivity contribution in [2.45, 2.75) is 69.8 Å². The predicted octanol–water partition coefficient (Wildman–Crippen LogP) is 3.82. The largest absolute Gasteiger partial charge is 0.466 e. The molecule has 1 N–H and O–H groups in total. The highest BCUT2D eigenvalue weighted by Gasteiger charge is 2.36. The Hall–Kier alpha value is -2.54. The number of hydrogen-bond acceptors (Lipinski definition) is 8. The molecule has 2 aliphatic rings. The summed E-state index contributed by atoms with van der Waals surface area (Å²) in [6.07, 6.45) is 2.19. The molecular formula is C24H31F4N5O3S. The molecule has 0 aromatic carbocycles. The van der Waals surface area contributed by atoms with Crippen LogP contribution >= 0.6 is 11.3 Å². The van der Waals surface area contributed by atoms with Gasteiger partial charge in [0.15, 0.2) is 13.2 Å². The molecule has 0 unspecified atom stereocenters. The number of alkyl halides is 4. The van der Waals surface area contributed by atoms with Gasteiger partial charge in [-0.3, -0.25) is 9.78 Å². The Morgan fingerprint density at radius 1 is 1.19 bits per heavy atom. The maximum atomic E-state index is 15.5. The third kappa shape index (κ3) is 8.49. The summed E-state index contributed by atoms with van der Waals surface area (Å²) >= 11 is 1.16. The van der Waals surface area contributed by atoms with E-state index in [0.29, 0.717) is 64.6 Å². The van der Waals surface area contributed by atoms with Gasteiger partial charge in [-0.2, -0.15) is 13.2 Å². The van der Waals surface area contributed by atoms with Gasteiger partial charge < -0.3 is 19.7 Å². The summed E-state index contributed by atoms with van der Waals surface area (Å²) in [7, 11) is 0. The van der Waals surface area contributed by atoms with E-state index < -0.39 is 18.5 Å². The summed E-state index contributed by atoms with van der Waals surface area (Å²) in [5.41, 5.74) is 0.253. The molecule has 1 aliphatic carbocycles. The lowest BCUT2D eigenvalue weighted by Gasteiger charge is -2.35. The van der Waals surface area contributed by atoms with Gasteiger partial charge in [-0.05, 0) is 45.4 Å². The number of hydrogen-bond donors (Lipinski definition) is 1. The summed E-state index contributed by atoms with van der Waals surface area (Å²) in [6, 6.07) is -0.0851. The summed E-state index contributed by atoms with van der Waals surface area (Å²) in [6.45, 7) is 2.28. The second kappa shape index (κ2) is 11.9. The van der Waals surface area contributed by atoms with E-state index in [1.165, 1.54) is 6.20 Å². The zero-order valence-electron chi connectivity index (χ0n) is 20.7. The van der Waals surface area contributed by atoms with Gasteiger partial charge in [0.1, 0.15) is 5.67 Å². The Morgan fingerprint density at radius 3 is 2.65 bits per heavy atom. The normalized spacial score (nSPS) is 22.7. The lowest BCUT2D eigenvalue weighted by Crippen LogP contribution is -2.44. The summed E-state index contributed by atoms with van der Waals surface area (Å²) in [4.78, 5) is 27.7. The van der Waals surface area contributed by atoms with E-state index in [1.807, 2.05) is 0 Å². The first-order valence-corrected chi connectivity index (χ1v) is 13.2. The highest BCUT2D eigenvalue weighted by atomic mass is 32.1. The molecule has 37 heavy (non-hydrogen) atoms. The number of rotatable bonds is 9. The van der Waals surface area contributed by atoms with E-state index in [4.69, 9.17) is 9.47 Å². The third-order valence-electron chi connectivity index (χ3n) is 6.67. The molecule has 0 radical (unpaired) electrons. The molecule has 204 valence electrons. The van der Waals surface area contributed by atoms with Crippen LogP contribution in [0.5, 0.6) is 11.1 Å². The first kappa shape index (κ1) is 27.5. The predicted molar refractivity (Wildman–Crippen MR) is 129 cm³/mol. The van der Waals surface area contributed by atoms with Crippen LogP contribution in [-0.2, 0) is 17.6 Å². The summed E-state index contributed by atoms with van der Waals surface area (Å²) in [5, 5.41) is 2.97. The number of carbonyl (C=O) groups is 1. The van der Waals surface area contributed by atoms with E-state index in [2.05, 4.69) is 25.2 Å². The van der Waals surface area contributed by atoms with Crippen LogP contribution in [0.4, 0.5) is 17.6 Å². The van der Waals surface area contributed by atoms with Crippen molar-refractivity contribution in [2.24, 2.45) is 0 Å². The highest BCUT2D eigenvalue weighted by Crippen LogP contribution is 2.36. The molecule has 1 amide bonds. The van der Waals surface area contributed by atoms with E-state index in [9.17, 15) is 18.0 Å². The number of nitrogens with zero attached hydrogens (tertiary/aromatic N) is 4. The van der Waals surface area contributed by atoms with Crippen LogP contribution in [-0.4, -0.2) is 76.5 Å². The Morgan fingerprint density at radius 2 is 1.95 bits per heavy atom. The second-order valence-corrected chi connectivity index (χ2v) is 10.7. The number of nitrogens with one attached hydrogen (secondary N) is 1. The molecule has 0 spiro atoms. The van der Waals surface area contributed by atoms with Gasteiger partial charge in [-0.25, -0.2) is 14.4 Å². The van der Waals surface area contributed by atoms with Crippen molar-refractivity contribution in [3.63, 3.8) is 0 Å². The fourth-order valence-electron chi connectivity index (χ4n) is 4.57. The van der Waals surface area contributed by atoms with E-state index >= 15 is 4.39 Å². The van der Waals surface area contributed by atoms with Crippen molar-refractivity contribution in [1.29, 1.82) is 0 Å². The molecule has 0 saturated heterocycles. The number of thiazole rings is 1. The zero-order chi connectivity index (χ0) is 26.5. The molecular weight excluding hydrogens is 514 g/mol. The average molecular weight is 546 g/mol. The third-order valence-corrected chi connectivity index (χ3v) is 7.74. The fourth-order valence-corrected chi connectivity index (χ4v) is 5.51. The van der Waals surface area contributed by atoms with Gasteiger partial charge in [0, 0.05) is 37.0 Å². The van der Waals surface area contributed by atoms with Gasteiger partial charge in [0.25, 0.3) is 11.1 Å². The molecule has 1 aliphatic heterocycles. The van der Waals surface area contributed by atoms with Crippen LogP contribution in [0.15, 0.2) is 12.4 Å². The van der Waals surface area contributed by atoms with Crippen molar-refractivity contribution in [3.8, 4) is 11.1 Å². The SMILES string of the molecule is Cc1cnc(OCC(=O)NC2CCC(F)(CCN3CCc4nc(OCC(F)(F)F)sc4CC3)CC2)cn1. The smallest absolute Gasteiger partial charge is 0.422 e. The van der Waals surface area contributed by atoms with E-state index in [1.54, 1.807) is 13.1 Å². The summed E-state index contributed by atoms with van der Waals surface area (Å²) < 4.78 is 62.7. The number of aryl methyl sites for hydroxylation is 1. The van der Waals surface area contributed by atoms with Crippen LogP contribution in [0, 0.1) is 6.92 Å². The minimum absolute atomic E-state index is 0.0534. The van der Waals surface area contributed by atoms with E-state index in [0.717, 1.165) is 27.6 Å². The number of halogens is 4. The first-order valence-electron chi connectivity index (χ1n) is 12.4. The molecule has 2 aromatic heterocycles. The van der Waals surface area contributed by atoms with Crippen molar-refractivity contribution in [3.05, 3.63) is 28.7 Å². The maximum Gasteiger partial charge on any atom is 0.422 e. The van der Waals surface area contributed by atoms with Crippen LogP contribution in [0.2, 0.25) is 0 Å². The Labute approximate surface area is 216 Å². The number of aromatic nitrogens is 3. The van der Waals surface area contributed by atoms with Gasteiger partial charge in [-0.15, -0.1) is 0 Å². The molecule has 8 nitrogen and oxygen atoms in total. The molecule has 1 fully saturated rings. The van der Waals surface area contributed by atoms with Gasteiger partial charge >= 0.3 is 6.18 Å². The Kier molecular flexibility index (Phi) is 8.83. The summed E-state index contributed by atoms with van der Waals surface area (Å²) in [5.74, 6) is 0.0121. The molecule has 3 heterocycles. The molecule has 1 saturated carbocycles. The van der Waals surface area contributed by atoms with Crippen molar-refractivity contribution in [1.82, 2.24) is 25.2 Å². The molecule has 0 bridgehead atoms. The number of fused-ring (bicyclic) bond motifs is 1. The Balaban J connectivity index is 1.15. The minimum Gasteiger partial charge on any atom is -0.466 e. The van der Waals surface area contributed by atoms with Crippen LogP contribution in [0.3, 0.4) is 0 Å². The van der Waals surface area contributed by atoms with Crippen LogP contribution < -0.4 is 14.8 Å². The molecule has 13 heteroatoms. The zero-order valence-corrected chi connectivity index (χ0v) is 21.5. The van der Waals surface area contributed by atoms with Gasteiger partial charge in [0.05, 0.1) is 23.8 Å². The van der Waals surface area contributed by atoms with Gasteiger partial charge in [0.2, 0.25) is 5.88 Å². The second-order valence-electron chi connectivity index (χ2n) is 9.62. The topological polar surface area (TPSA) is 89.5 Å². The lowest BCUT2D eigenvalue weighted by molar-refractivity contribution is -0.153. The van der Waals surface area contributed by atoms with Crippen molar-refractivity contribution >= 4 is 17.2 Å². The highest BCUT2D eigenvalue weighted by molar-refractivity contribution is 7.13. The lowest BCUT2D eigenvalue weighted by atomic mass is 9.81. The van der Waals surface area contributed by atoms with Crippen LogP contribution in [0.25, 0.3) is 0 Å². The van der Waals surface area contributed by atoms with Crippen molar-refractivity contribution in [2.75, 3.05) is 32.8 Å². The monoisotopic (exact) mass is 545 g/mol. The van der Waals surface area contributed by atoms with Gasteiger partial charge in [-0.1, -0.05) is 11.3 Å². The Bertz CT molecular complexity index is 1020. The maximum absolute atomic E-state index is 15.5. The van der Waals surface area contributed by atoms with E-state index in [-0.39, 0.29) is 29.6 Å². The fraction of sp³-hybridized carbons (Fsp3) is 0.667.